The minimum absolute atomic E-state index is 0.108. The summed E-state index contributed by atoms with van der Waals surface area (Å²) in [5.41, 5.74) is 7.90. The third kappa shape index (κ3) is 10.8. The summed E-state index contributed by atoms with van der Waals surface area (Å²) in [4.78, 5) is 0. The third-order valence-electron chi connectivity index (χ3n) is 6.55. The molecule has 0 unspecified atom stereocenters. The number of rotatable bonds is 11. The number of allylic oxidation sites excluding steroid dienone is 7. The predicted molar refractivity (Wildman–Crippen MR) is 155 cm³/mol. The summed E-state index contributed by atoms with van der Waals surface area (Å²) < 4.78 is 12.2. The molecule has 1 aromatic carbocycles. The lowest BCUT2D eigenvalue weighted by Gasteiger charge is -2.37. The molecule has 0 saturated heterocycles. The highest BCUT2D eigenvalue weighted by atomic mass is 16.5. The van der Waals surface area contributed by atoms with Crippen LogP contribution in [0.15, 0.2) is 66.5 Å². The van der Waals surface area contributed by atoms with Gasteiger partial charge in [-0.1, -0.05) is 47.6 Å². The molecule has 1 aliphatic rings. The molecule has 0 amide bonds. The third-order valence-corrected chi connectivity index (χ3v) is 6.55. The summed E-state index contributed by atoms with van der Waals surface area (Å²) in [5, 5.41) is 0. The Bertz CT molecular complexity index is 925. The number of ether oxygens (including phenoxy) is 2. The van der Waals surface area contributed by atoms with Crippen molar-refractivity contribution in [3.05, 3.63) is 83.2 Å². The Balaban J connectivity index is 0.00000194. The SMILES string of the molecule is C=CC.C=COc1cc(C)c2c(c1C)CC[C@@](C)(CC/C=C(\C)CC/C=C(\C)CCC=C(C)C)O2. The first-order chi connectivity index (χ1) is 16.6. The van der Waals surface area contributed by atoms with Crippen molar-refractivity contribution in [3.8, 4) is 11.5 Å². The van der Waals surface area contributed by atoms with Crippen LogP contribution in [0, 0.1) is 13.8 Å². The Labute approximate surface area is 216 Å². The molecule has 0 radical (unpaired) electrons. The first kappa shape index (κ1) is 30.6. The van der Waals surface area contributed by atoms with Crippen molar-refractivity contribution in [2.24, 2.45) is 0 Å². The van der Waals surface area contributed by atoms with Crippen LogP contribution in [0.3, 0.4) is 0 Å². The lowest BCUT2D eigenvalue weighted by Crippen LogP contribution is -2.36. The molecule has 0 aromatic heterocycles. The largest absolute Gasteiger partial charge is 0.487 e. The van der Waals surface area contributed by atoms with Crippen LogP contribution in [-0.4, -0.2) is 5.60 Å². The number of hydrogen-bond acceptors (Lipinski definition) is 2. The summed E-state index contributed by atoms with van der Waals surface area (Å²) >= 11 is 0. The molecule has 0 fully saturated rings. The Morgan fingerprint density at radius 1 is 1.00 bits per heavy atom. The van der Waals surface area contributed by atoms with E-state index < -0.39 is 0 Å². The smallest absolute Gasteiger partial charge is 0.130 e. The second-order valence-corrected chi connectivity index (χ2v) is 10.4. The van der Waals surface area contributed by atoms with E-state index in [1.807, 2.05) is 6.92 Å². The molecule has 0 aliphatic carbocycles. The van der Waals surface area contributed by atoms with Crippen molar-refractivity contribution in [2.75, 3.05) is 0 Å². The van der Waals surface area contributed by atoms with Crippen molar-refractivity contribution in [1.82, 2.24) is 0 Å². The van der Waals surface area contributed by atoms with Crippen molar-refractivity contribution in [1.29, 1.82) is 0 Å². The average molecular weight is 479 g/mol. The molecule has 0 N–H and O–H groups in total. The fourth-order valence-corrected chi connectivity index (χ4v) is 4.41. The Kier molecular flexibility index (Phi) is 13.5. The molecule has 2 nitrogen and oxygen atoms in total. The molecule has 0 bridgehead atoms. The molecule has 1 aromatic rings. The van der Waals surface area contributed by atoms with Crippen LogP contribution in [0.25, 0.3) is 0 Å². The standard InChI is InChI=1S/C30H44O2.C3H6/c1-9-31-28-21-25(6)29-27(26(28)7)18-20-30(8,32-29)19-12-17-24(5)16-11-15-23(4)14-10-13-22(2)3;1-3-2/h9,13,15,17,21H,1,10-12,14,16,18-20H2,2-8H3;3H,1H2,2H3/b23-15+,24-17+;/t30-;/m1./s1. The van der Waals surface area contributed by atoms with Gasteiger partial charge in [0.25, 0.3) is 0 Å². The van der Waals surface area contributed by atoms with E-state index in [9.17, 15) is 0 Å². The molecule has 1 aliphatic heterocycles. The minimum atomic E-state index is -0.108. The zero-order valence-corrected chi connectivity index (χ0v) is 23.9. The summed E-state index contributed by atoms with van der Waals surface area (Å²) in [6.07, 6.45) is 19.2. The molecule has 2 heteroatoms. The van der Waals surface area contributed by atoms with Crippen LogP contribution in [0.1, 0.15) is 103 Å². The van der Waals surface area contributed by atoms with Gasteiger partial charge in [0.15, 0.2) is 0 Å². The van der Waals surface area contributed by atoms with Crippen LogP contribution in [-0.2, 0) is 6.42 Å². The van der Waals surface area contributed by atoms with Gasteiger partial charge in [-0.05, 0) is 124 Å². The summed E-state index contributed by atoms with van der Waals surface area (Å²) in [6.45, 7) is 24.3. The highest BCUT2D eigenvalue weighted by molar-refractivity contribution is 5.54. The Morgan fingerprint density at radius 3 is 2.14 bits per heavy atom. The van der Waals surface area contributed by atoms with Crippen molar-refractivity contribution < 1.29 is 9.47 Å². The predicted octanol–water partition coefficient (Wildman–Crippen LogP) is 10.3. The zero-order chi connectivity index (χ0) is 26.4. The molecular formula is C33H50O2. The molecule has 0 spiro atoms. The van der Waals surface area contributed by atoms with Crippen molar-refractivity contribution >= 4 is 0 Å². The van der Waals surface area contributed by atoms with Gasteiger partial charge in [-0.3, -0.25) is 0 Å². The first-order valence-corrected chi connectivity index (χ1v) is 13.2. The van der Waals surface area contributed by atoms with Gasteiger partial charge in [-0.2, -0.15) is 0 Å². The zero-order valence-electron chi connectivity index (χ0n) is 23.9. The maximum atomic E-state index is 6.59. The topological polar surface area (TPSA) is 18.5 Å². The highest BCUT2D eigenvalue weighted by Crippen LogP contribution is 2.42. The summed E-state index contributed by atoms with van der Waals surface area (Å²) in [6, 6.07) is 2.07. The molecule has 35 heavy (non-hydrogen) atoms. The quantitative estimate of drug-likeness (QED) is 0.232. The van der Waals surface area contributed by atoms with Crippen LogP contribution in [0.5, 0.6) is 11.5 Å². The van der Waals surface area contributed by atoms with Gasteiger partial charge in [0.05, 0.1) is 6.26 Å². The highest BCUT2D eigenvalue weighted by Gasteiger charge is 2.33. The van der Waals surface area contributed by atoms with Gasteiger partial charge in [0.1, 0.15) is 17.1 Å². The average Bonchev–Trinajstić information content (AvgIpc) is 2.77. The van der Waals surface area contributed by atoms with E-state index in [0.717, 1.165) is 62.0 Å². The summed E-state index contributed by atoms with van der Waals surface area (Å²) in [7, 11) is 0. The second-order valence-electron chi connectivity index (χ2n) is 10.4. The fourth-order valence-electron chi connectivity index (χ4n) is 4.41. The van der Waals surface area contributed by atoms with E-state index in [-0.39, 0.29) is 5.60 Å². The lowest BCUT2D eigenvalue weighted by atomic mass is 9.86. The number of fused-ring (bicyclic) bond motifs is 1. The Hall–Kier alpha value is -2.48. The number of hydrogen-bond donors (Lipinski definition) is 0. The molecule has 1 atom stereocenters. The molecule has 0 saturated carbocycles. The lowest BCUT2D eigenvalue weighted by molar-refractivity contribution is 0.0559. The van der Waals surface area contributed by atoms with Crippen LogP contribution in [0.4, 0.5) is 0 Å². The van der Waals surface area contributed by atoms with Crippen LogP contribution in [0.2, 0.25) is 0 Å². The monoisotopic (exact) mass is 478 g/mol. The normalized spacial score (nSPS) is 17.4. The second kappa shape index (κ2) is 15.5. The number of benzene rings is 1. The van der Waals surface area contributed by atoms with Gasteiger partial charge in [-0.15, -0.1) is 6.58 Å². The van der Waals surface area contributed by atoms with E-state index in [4.69, 9.17) is 9.47 Å². The maximum Gasteiger partial charge on any atom is 0.130 e. The molecule has 1 heterocycles. The van der Waals surface area contributed by atoms with Gasteiger partial charge < -0.3 is 9.47 Å². The van der Waals surface area contributed by atoms with E-state index >= 15 is 0 Å². The van der Waals surface area contributed by atoms with E-state index in [0.29, 0.717) is 0 Å². The van der Waals surface area contributed by atoms with Gasteiger partial charge in [0, 0.05) is 5.56 Å². The van der Waals surface area contributed by atoms with Gasteiger partial charge >= 0.3 is 0 Å². The molecule has 2 rings (SSSR count). The van der Waals surface area contributed by atoms with E-state index in [1.165, 1.54) is 40.5 Å². The molecular weight excluding hydrogens is 428 g/mol. The molecule has 194 valence electrons. The maximum absolute atomic E-state index is 6.59. The van der Waals surface area contributed by atoms with Crippen molar-refractivity contribution in [2.45, 2.75) is 112 Å². The van der Waals surface area contributed by atoms with Crippen molar-refractivity contribution in [3.63, 3.8) is 0 Å². The van der Waals surface area contributed by atoms with E-state index in [2.05, 4.69) is 85.9 Å². The van der Waals surface area contributed by atoms with Gasteiger partial charge in [0.2, 0.25) is 0 Å². The minimum Gasteiger partial charge on any atom is -0.487 e. The first-order valence-electron chi connectivity index (χ1n) is 13.2. The van der Waals surface area contributed by atoms with Crippen LogP contribution < -0.4 is 9.47 Å². The fraction of sp³-hybridized carbons (Fsp3) is 0.515. The van der Waals surface area contributed by atoms with Crippen LogP contribution >= 0.6 is 0 Å². The summed E-state index contributed by atoms with van der Waals surface area (Å²) in [5.74, 6) is 1.95. The van der Waals surface area contributed by atoms with Gasteiger partial charge in [-0.25, -0.2) is 0 Å². The van der Waals surface area contributed by atoms with E-state index in [1.54, 1.807) is 6.08 Å². The number of aryl methyl sites for hydroxylation is 1. The Morgan fingerprint density at radius 2 is 1.57 bits per heavy atom.